The van der Waals surface area contributed by atoms with Crippen LogP contribution in [0.5, 0.6) is 40.2 Å². The van der Waals surface area contributed by atoms with E-state index >= 15 is 0 Å². The Hall–Kier alpha value is -5.22. The van der Waals surface area contributed by atoms with Gasteiger partial charge in [0.25, 0.3) is 0 Å². The van der Waals surface area contributed by atoms with Gasteiger partial charge in [0.2, 0.25) is 0 Å². The fourth-order valence-corrected chi connectivity index (χ4v) is 9.04. The average Bonchev–Trinajstić information content (AvgIpc) is 3.09. The molecule has 7 nitrogen and oxygen atoms in total. The fraction of sp³-hybridized carbons (Fsp3) is 0.308. The van der Waals surface area contributed by atoms with Crippen LogP contribution in [0.2, 0.25) is 0 Å². The molecule has 0 atom stereocenters. The van der Waals surface area contributed by atoms with E-state index in [1.165, 1.54) is 0 Å². The fourth-order valence-electron chi connectivity index (χ4n) is 7.06. The van der Waals surface area contributed by atoms with Crippen LogP contribution in [0.25, 0.3) is 11.1 Å². The van der Waals surface area contributed by atoms with E-state index in [-0.39, 0.29) is 5.41 Å². The predicted octanol–water partition coefficient (Wildman–Crippen LogP) is 15.8. The number of hydrogen-bond acceptors (Lipinski definition) is 7. The normalized spacial score (nSPS) is 11.7. The molecular weight excluding hydrogens is 799 g/mol. The lowest BCUT2D eigenvalue weighted by molar-refractivity contribution is 0.131. The first-order valence-electron chi connectivity index (χ1n) is 20.6. The molecule has 9 heteroatoms. The van der Waals surface area contributed by atoms with Gasteiger partial charge < -0.3 is 31.9 Å². The third kappa shape index (κ3) is 13.1. The highest BCUT2D eigenvalue weighted by molar-refractivity contribution is 7.43. The molecule has 0 amide bonds. The van der Waals surface area contributed by atoms with Crippen LogP contribution < -0.4 is 31.9 Å². The lowest BCUT2D eigenvalue weighted by Gasteiger charge is -2.26. The highest BCUT2D eigenvalue weighted by Crippen LogP contribution is 2.51. The second kappa shape index (κ2) is 18.8. The van der Waals surface area contributed by atoms with Gasteiger partial charge in [-0.1, -0.05) is 51.1 Å². The summed E-state index contributed by atoms with van der Waals surface area (Å²) in [5, 5.41) is 0. The monoisotopic (exact) mass is 858 g/mol. The summed E-state index contributed by atoms with van der Waals surface area (Å²) in [5.74, 6) is 4.34. The number of benzene rings is 6. The quantitative estimate of drug-likeness (QED) is 0.101. The maximum absolute atomic E-state index is 6.95. The van der Waals surface area contributed by atoms with Crippen LogP contribution in [0.4, 0.5) is 0 Å². The van der Waals surface area contributed by atoms with Crippen molar-refractivity contribution < 1.29 is 31.9 Å². The van der Waals surface area contributed by atoms with E-state index in [1.807, 2.05) is 149 Å². The molecule has 6 rings (SSSR count). The third-order valence-electron chi connectivity index (χ3n) is 9.36. The molecule has 0 saturated heterocycles. The molecule has 6 aromatic carbocycles. The zero-order valence-electron chi connectivity index (χ0n) is 38.1. The molecule has 0 unspecified atom stereocenters. The maximum Gasteiger partial charge on any atom is 0.530 e. The highest BCUT2D eigenvalue weighted by Gasteiger charge is 2.29. The van der Waals surface area contributed by atoms with Crippen molar-refractivity contribution in [1.82, 2.24) is 0 Å². The Bertz CT molecular complexity index is 2310. The van der Waals surface area contributed by atoms with E-state index in [9.17, 15) is 0 Å². The second-order valence-electron chi connectivity index (χ2n) is 18.1. The number of hydrogen-bond donors (Lipinski definition) is 0. The van der Waals surface area contributed by atoms with E-state index in [0.717, 1.165) is 61.2 Å². The van der Waals surface area contributed by atoms with Crippen LogP contribution in [0.1, 0.15) is 91.6 Å². The van der Waals surface area contributed by atoms with Crippen molar-refractivity contribution in [2.75, 3.05) is 0 Å². The van der Waals surface area contributed by atoms with E-state index in [4.69, 9.17) is 31.9 Å². The molecular formula is C52H60O7P2. The molecule has 61 heavy (non-hydrogen) atoms. The molecule has 6 aromatic rings. The maximum atomic E-state index is 6.95. The third-order valence-corrected chi connectivity index (χ3v) is 11.5. The standard InChI is InChI=1S/C52H60O7P2/c1-33-19-34(2)24-43(23-33)54-60(55-44-25-35(3)20-36(4)26-44)58-49-17-15-41(51(9,10)11)31-47(49)48-32-42(53-52(12,13)14)16-18-50(48)59-61(56-45-27-37(5)21-38(6)28-45)57-46-29-39(7)22-40(8)30-46/h15-32H,1-14H3. The van der Waals surface area contributed by atoms with Gasteiger partial charge in [-0.05, 0) is 211 Å². The van der Waals surface area contributed by atoms with Crippen molar-refractivity contribution in [2.45, 2.75) is 108 Å². The molecule has 0 aliphatic heterocycles. The summed E-state index contributed by atoms with van der Waals surface area (Å²) in [6.45, 7) is 29.1. The molecule has 0 spiro atoms. The Morgan fingerprint density at radius 2 is 0.639 bits per heavy atom. The SMILES string of the molecule is Cc1cc(C)cc(OP(Oc2cc(C)cc(C)c2)Oc2ccc(OC(C)(C)C)cc2-c2cc(C(C)(C)C)ccc2OP(Oc2cc(C)cc(C)c2)Oc2cc(C)cc(C)c2)c1. The minimum absolute atomic E-state index is 0.200. The zero-order chi connectivity index (χ0) is 44.2. The van der Waals surface area contributed by atoms with Crippen molar-refractivity contribution >= 4 is 17.2 Å². The summed E-state index contributed by atoms with van der Waals surface area (Å²) < 4.78 is 46.9. The van der Waals surface area contributed by atoms with Crippen molar-refractivity contribution in [3.05, 3.63) is 159 Å². The Morgan fingerprint density at radius 1 is 0.328 bits per heavy atom. The van der Waals surface area contributed by atoms with Gasteiger partial charge in [-0.2, -0.15) is 0 Å². The minimum Gasteiger partial charge on any atom is -0.488 e. The Kier molecular flexibility index (Phi) is 14.0. The van der Waals surface area contributed by atoms with Crippen molar-refractivity contribution in [2.24, 2.45) is 0 Å². The summed E-state index contributed by atoms with van der Waals surface area (Å²) in [7, 11) is -4.08. The van der Waals surface area contributed by atoms with Crippen LogP contribution in [0.3, 0.4) is 0 Å². The zero-order valence-corrected chi connectivity index (χ0v) is 39.9. The van der Waals surface area contributed by atoms with E-state index < -0.39 is 22.8 Å². The van der Waals surface area contributed by atoms with E-state index in [1.54, 1.807) is 0 Å². The average molecular weight is 859 g/mol. The topological polar surface area (TPSA) is 64.6 Å². The Balaban J connectivity index is 1.51. The van der Waals surface area contributed by atoms with Crippen LogP contribution in [-0.2, 0) is 5.41 Å². The van der Waals surface area contributed by atoms with E-state index in [2.05, 4.69) is 57.2 Å². The van der Waals surface area contributed by atoms with E-state index in [0.29, 0.717) is 40.2 Å². The van der Waals surface area contributed by atoms with Crippen LogP contribution in [-0.4, -0.2) is 5.60 Å². The molecule has 0 N–H and O–H groups in total. The molecule has 0 aliphatic rings. The first-order valence-corrected chi connectivity index (χ1v) is 22.8. The smallest absolute Gasteiger partial charge is 0.488 e. The molecule has 0 aromatic heterocycles. The molecule has 0 bridgehead atoms. The van der Waals surface area contributed by atoms with Crippen LogP contribution >= 0.6 is 17.2 Å². The van der Waals surface area contributed by atoms with Gasteiger partial charge >= 0.3 is 17.2 Å². The lowest BCUT2D eigenvalue weighted by Crippen LogP contribution is -2.22. The van der Waals surface area contributed by atoms with Gasteiger partial charge in [0.15, 0.2) is 0 Å². The van der Waals surface area contributed by atoms with Crippen LogP contribution in [0.15, 0.2) is 109 Å². The summed E-state index contributed by atoms with van der Waals surface area (Å²) >= 11 is 0. The van der Waals surface area contributed by atoms with Crippen molar-refractivity contribution in [3.63, 3.8) is 0 Å². The lowest BCUT2D eigenvalue weighted by atomic mass is 9.85. The van der Waals surface area contributed by atoms with Gasteiger partial charge in [-0.15, -0.1) is 0 Å². The van der Waals surface area contributed by atoms with Gasteiger partial charge in [0.1, 0.15) is 45.8 Å². The Labute approximate surface area is 366 Å². The van der Waals surface area contributed by atoms with Gasteiger partial charge in [-0.3, -0.25) is 0 Å². The first kappa shape index (κ1) is 45.3. The molecule has 0 saturated carbocycles. The van der Waals surface area contributed by atoms with Crippen molar-refractivity contribution in [1.29, 1.82) is 0 Å². The largest absolute Gasteiger partial charge is 0.530 e. The Morgan fingerprint density at radius 3 is 0.951 bits per heavy atom. The molecule has 0 radical (unpaired) electrons. The summed E-state index contributed by atoms with van der Waals surface area (Å²) in [5.41, 5.74) is 10.5. The number of ether oxygens (including phenoxy) is 1. The predicted molar refractivity (Wildman–Crippen MR) is 252 cm³/mol. The second-order valence-corrected chi connectivity index (χ2v) is 20.1. The summed E-state index contributed by atoms with van der Waals surface area (Å²) in [4.78, 5) is 0. The first-order chi connectivity index (χ1) is 28.6. The van der Waals surface area contributed by atoms with Gasteiger partial charge in [0, 0.05) is 11.1 Å². The number of aryl methyl sites for hydroxylation is 8. The summed E-state index contributed by atoms with van der Waals surface area (Å²) in [6.07, 6.45) is 0. The minimum atomic E-state index is -2.05. The van der Waals surface area contributed by atoms with Gasteiger partial charge in [0.05, 0.1) is 0 Å². The molecule has 0 fully saturated rings. The van der Waals surface area contributed by atoms with Crippen molar-refractivity contribution in [3.8, 4) is 51.4 Å². The van der Waals surface area contributed by atoms with Crippen LogP contribution in [0, 0.1) is 55.4 Å². The highest BCUT2D eigenvalue weighted by atomic mass is 31.2. The molecule has 0 aliphatic carbocycles. The summed E-state index contributed by atoms with van der Waals surface area (Å²) in [6, 6.07) is 36.4. The molecule has 0 heterocycles. The molecule has 320 valence electrons. The van der Waals surface area contributed by atoms with Gasteiger partial charge in [-0.25, -0.2) is 0 Å². The number of rotatable bonds is 14.